The van der Waals surface area contributed by atoms with E-state index in [1.165, 1.54) is 15.6 Å². The number of sulfonamides is 1. The van der Waals surface area contributed by atoms with Crippen LogP contribution in [0.25, 0.3) is 10.1 Å². The zero-order valence-electron chi connectivity index (χ0n) is 20.9. The molecule has 6 nitrogen and oxygen atoms in total. The summed E-state index contributed by atoms with van der Waals surface area (Å²) in [6.45, 7) is 4.00. The number of nitrogens with one attached hydrogen (secondary N) is 1. The molecule has 0 bridgehead atoms. The zero-order chi connectivity index (χ0) is 26.7. The molecule has 0 saturated heterocycles. The predicted molar refractivity (Wildman–Crippen MR) is 154 cm³/mol. The van der Waals surface area contributed by atoms with Gasteiger partial charge in [0.05, 0.1) is 21.1 Å². The number of thiophene rings is 1. The average molecular weight is 543 g/mol. The molecule has 0 spiro atoms. The smallest absolute Gasteiger partial charge is 0.265 e. The molecule has 8 heteroatoms. The molecule has 0 unspecified atom stereocenters. The molecule has 0 atom stereocenters. The average Bonchev–Trinajstić information content (AvgIpc) is 3.35. The first-order chi connectivity index (χ1) is 18.3. The lowest BCUT2D eigenvalue weighted by Crippen LogP contribution is -2.30. The molecule has 0 aliphatic rings. The highest BCUT2D eigenvalue weighted by Crippen LogP contribution is 2.34. The van der Waals surface area contributed by atoms with Crippen molar-refractivity contribution in [2.45, 2.75) is 18.7 Å². The van der Waals surface area contributed by atoms with Gasteiger partial charge in [-0.2, -0.15) is 0 Å². The highest BCUT2D eigenvalue weighted by atomic mass is 32.2. The van der Waals surface area contributed by atoms with Gasteiger partial charge in [-0.15, -0.1) is 11.3 Å². The third-order valence-corrected chi connectivity index (χ3v) is 9.05. The molecule has 0 aliphatic carbocycles. The second-order valence-corrected chi connectivity index (χ2v) is 11.6. The zero-order valence-corrected chi connectivity index (χ0v) is 22.6. The molecule has 38 heavy (non-hydrogen) atoms. The number of anilines is 2. The maximum absolute atomic E-state index is 13.3. The maximum Gasteiger partial charge on any atom is 0.265 e. The minimum Gasteiger partial charge on any atom is -0.455 e. The van der Waals surface area contributed by atoms with Crippen LogP contribution in [0.1, 0.15) is 22.2 Å². The number of fused-ring (bicyclic) bond motifs is 1. The summed E-state index contributed by atoms with van der Waals surface area (Å²) in [6, 6.07) is 30.7. The normalized spacial score (nSPS) is 11.3. The fourth-order valence-corrected chi connectivity index (χ4v) is 6.49. The van der Waals surface area contributed by atoms with Gasteiger partial charge in [0.2, 0.25) is 0 Å². The van der Waals surface area contributed by atoms with E-state index >= 15 is 0 Å². The van der Waals surface area contributed by atoms with Gasteiger partial charge in [-0.25, -0.2) is 8.42 Å². The van der Waals surface area contributed by atoms with Crippen molar-refractivity contribution in [2.24, 2.45) is 0 Å². The van der Waals surface area contributed by atoms with Crippen molar-refractivity contribution in [1.82, 2.24) is 0 Å². The molecule has 1 heterocycles. The Hall–Kier alpha value is -4.14. The SMILES string of the molecule is CCN(c1ccc2sc(C(=O)Nc3ccccc3Oc3ccccc3)cc2c1)S(=O)(=O)c1ccc(C)cc1. The van der Waals surface area contributed by atoms with E-state index in [0.29, 0.717) is 27.8 Å². The fourth-order valence-electron chi connectivity index (χ4n) is 4.08. The lowest BCUT2D eigenvalue weighted by atomic mass is 10.2. The molecule has 0 radical (unpaired) electrons. The quantitative estimate of drug-likeness (QED) is 0.221. The van der Waals surface area contributed by atoms with Gasteiger partial charge in [0.25, 0.3) is 15.9 Å². The van der Waals surface area contributed by atoms with Gasteiger partial charge < -0.3 is 10.1 Å². The summed E-state index contributed by atoms with van der Waals surface area (Å²) in [6.07, 6.45) is 0. The van der Waals surface area contributed by atoms with Crippen LogP contribution in [0, 0.1) is 6.92 Å². The lowest BCUT2D eigenvalue weighted by molar-refractivity contribution is 0.103. The summed E-state index contributed by atoms with van der Waals surface area (Å²) < 4.78 is 34.9. The Balaban J connectivity index is 1.40. The van der Waals surface area contributed by atoms with Gasteiger partial charge in [-0.3, -0.25) is 9.10 Å². The van der Waals surface area contributed by atoms with E-state index in [0.717, 1.165) is 15.6 Å². The number of rotatable bonds is 8. The van der Waals surface area contributed by atoms with Crippen LogP contribution in [0.3, 0.4) is 0 Å². The summed E-state index contributed by atoms with van der Waals surface area (Å²) in [4.78, 5) is 13.9. The molecular weight excluding hydrogens is 516 g/mol. The number of para-hydroxylation sites is 3. The Morgan fingerprint density at radius 2 is 1.61 bits per heavy atom. The van der Waals surface area contributed by atoms with E-state index in [-0.39, 0.29) is 17.3 Å². The predicted octanol–water partition coefficient (Wildman–Crippen LogP) is 7.47. The second-order valence-electron chi connectivity index (χ2n) is 8.68. The van der Waals surface area contributed by atoms with E-state index in [4.69, 9.17) is 4.74 Å². The Bertz CT molecular complexity index is 1700. The molecule has 1 N–H and O–H groups in total. The van der Waals surface area contributed by atoms with Crippen LogP contribution in [0.4, 0.5) is 11.4 Å². The number of benzene rings is 4. The number of amides is 1. The van der Waals surface area contributed by atoms with Gasteiger partial charge in [0, 0.05) is 11.2 Å². The molecule has 0 fully saturated rings. The number of aryl methyl sites for hydroxylation is 1. The van der Waals surface area contributed by atoms with E-state index < -0.39 is 10.0 Å². The van der Waals surface area contributed by atoms with Crippen LogP contribution >= 0.6 is 11.3 Å². The highest BCUT2D eigenvalue weighted by molar-refractivity contribution is 7.92. The Kier molecular flexibility index (Phi) is 7.18. The number of nitrogens with zero attached hydrogens (tertiary/aromatic N) is 1. The standard InChI is InChI=1S/C30H26N2O4S2/c1-3-32(38(34,35)25-16-13-21(2)14-17-25)23-15-18-28-22(19-23)20-29(37-28)30(33)31-26-11-7-8-12-27(26)36-24-9-5-4-6-10-24/h4-20H,3H2,1-2H3,(H,31,33). The number of hydrogen-bond donors (Lipinski definition) is 1. The third-order valence-electron chi connectivity index (χ3n) is 6.01. The summed E-state index contributed by atoms with van der Waals surface area (Å²) in [5.74, 6) is 0.941. The van der Waals surface area contributed by atoms with Crippen molar-refractivity contribution in [3.05, 3.63) is 114 Å². The number of carbonyl (C=O) groups is 1. The van der Waals surface area contributed by atoms with Crippen molar-refractivity contribution < 1.29 is 17.9 Å². The van der Waals surface area contributed by atoms with Gasteiger partial charge in [0.15, 0.2) is 5.75 Å². The van der Waals surface area contributed by atoms with Crippen LogP contribution < -0.4 is 14.4 Å². The molecule has 4 aromatic carbocycles. The minimum atomic E-state index is -3.73. The Labute approximate surface area is 226 Å². The number of carbonyl (C=O) groups excluding carboxylic acids is 1. The van der Waals surface area contributed by atoms with Crippen molar-refractivity contribution in [2.75, 3.05) is 16.2 Å². The highest BCUT2D eigenvalue weighted by Gasteiger charge is 2.24. The molecule has 1 aromatic heterocycles. The molecular formula is C30H26N2O4S2. The van der Waals surface area contributed by atoms with Gasteiger partial charge in [0.1, 0.15) is 5.75 Å². The minimum absolute atomic E-state index is 0.242. The molecule has 192 valence electrons. The summed E-state index contributed by atoms with van der Waals surface area (Å²) >= 11 is 1.35. The molecule has 1 amide bonds. The van der Waals surface area contributed by atoms with E-state index in [1.807, 2.05) is 61.5 Å². The molecule has 0 aliphatic heterocycles. The molecule has 5 rings (SSSR count). The second kappa shape index (κ2) is 10.7. The van der Waals surface area contributed by atoms with Crippen molar-refractivity contribution in [1.29, 1.82) is 0 Å². The lowest BCUT2D eigenvalue weighted by Gasteiger charge is -2.23. The maximum atomic E-state index is 13.3. The van der Waals surface area contributed by atoms with Crippen LogP contribution in [-0.2, 0) is 10.0 Å². The third kappa shape index (κ3) is 5.27. The summed E-state index contributed by atoms with van der Waals surface area (Å²) in [5.41, 5.74) is 2.10. The summed E-state index contributed by atoms with van der Waals surface area (Å²) in [7, 11) is -3.73. The largest absolute Gasteiger partial charge is 0.455 e. The van der Waals surface area contributed by atoms with Gasteiger partial charge in [-0.1, -0.05) is 48.0 Å². The fraction of sp³-hybridized carbons (Fsp3) is 0.100. The van der Waals surface area contributed by atoms with E-state index in [2.05, 4.69) is 5.32 Å². The molecule has 5 aromatic rings. The van der Waals surface area contributed by atoms with Crippen LogP contribution in [-0.4, -0.2) is 20.9 Å². The first-order valence-corrected chi connectivity index (χ1v) is 14.4. The summed E-state index contributed by atoms with van der Waals surface area (Å²) in [5, 5.41) is 3.74. The first-order valence-electron chi connectivity index (χ1n) is 12.1. The van der Waals surface area contributed by atoms with Gasteiger partial charge >= 0.3 is 0 Å². The topological polar surface area (TPSA) is 75.7 Å². The number of ether oxygens (including phenoxy) is 1. The monoisotopic (exact) mass is 542 g/mol. The van der Waals surface area contributed by atoms with Crippen molar-refractivity contribution >= 4 is 48.7 Å². The van der Waals surface area contributed by atoms with Crippen LogP contribution in [0.2, 0.25) is 0 Å². The first kappa shape index (κ1) is 25.5. The van der Waals surface area contributed by atoms with Crippen LogP contribution in [0.5, 0.6) is 11.5 Å². The van der Waals surface area contributed by atoms with Crippen LogP contribution in [0.15, 0.2) is 108 Å². The molecule has 0 saturated carbocycles. The van der Waals surface area contributed by atoms with Crippen molar-refractivity contribution in [3.63, 3.8) is 0 Å². The number of hydrogen-bond acceptors (Lipinski definition) is 5. The van der Waals surface area contributed by atoms with E-state index in [1.54, 1.807) is 55.5 Å². The van der Waals surface area contributed by atoms with E-state index in [9.17, 15) is 13.2 Å². The Morgan fingerprint density at radius 1 is 0.895 bits per heavy atom. The Morgan fingerprint density at radius 3 is 2.34 bits per heavy atom. The van der Waals surface area contributed by atoms with Gasteiger partial charge in [-0.05, 0) is 79.9 Å². The van der Waals surface area contributed by atoms with Crippen molar-refractivity contribution in [3.8, 4) is 11.5 Å².